The zero-order valence-electron chi connectivity index (χ0n) is 13.6. The highest BCUT2D eigenvalue weighted by molar-refractivity contribution is 7.95. The van der Waals surface area contributed by atoms with Gasteiger partial charge in [0.2, 0.25) is 9.84 Å². The molecule has 124 valence electrons. The molecule has 0 fully saturated rings. The van der Waals surface area contributed by atoms with Crippen LogP contribution in [0.5, 0.6) is 11.5 Å². The highest BCUT2D eigenvalue weighted by atomic mass is 32.2. The maximum Gasteiger partial charge on any atom is 0.216 e. The predicted molar refractivity (Wildman–Crippen MR) is 91.5 cm³/mol. The topological polar surface area (TPSA) is 76.4 Å². The van der Waals surface area contributed by atoms with Gasteiger partial charge >= 0.3 is 0 Å². The quantitative estimate of drug-likeness (QED) is 0.778. The van der Waals surface area contributed by atoms with Crippen molar-refractivity contribution in [2.75, 3.05) is 14.2 Å². The number of hydrogen-bond donors (Lipinski definition) is 0. The molecule has 0 aliphatic rings. The summed E-state index contributed by atoms with van der Waals surface area (Å²) in [7, 11) is -0.867. The van der Waals surface area contributed by atoms with Crippen LogP contribution in [0.25, 0.3) is 6.08 Å². The summed E-state index contributed by atoms with van der Waals surface area (Å²) in [6.45, 7) is 1.80. The van der Waals surface area contributed by atoms with Crippen LogP contribution in [-0.4, -0.2) is 22.6 Å². The second kappa shape index (κ2) is 7.20. The molecular formula is C18H17NO4S. The Kier molecular flexibility index (Phi) is 5.27. The molecule has 2 rings (SSSR count). The van der Waals surface area contributed by atoms with Crippen molar-refractivity contribution < 1.29 is 17.9 Å². The highest BCUT2D eigenvalue weighted by Crippen LogP contribution is 2.33. The molecule has 2 aromatic rings. The molecule has 0 bridgehead atoms. The molecule has 0 saturated carbocycles. The molecule has 0 spiro atoms. The lowest BCUT2D eigenvalue weighted by Crippen LogP contribution is -2.04. The molecule has 0 aromatic heterocycles. The summed E-state index contributed by atoms with van der Waals surface area (Å²) in [5, 5.41) is 9.35. The molecule has 0 amide bonds. The summed E-state index contributed by atoms with van der Waals surface area (Å²) < 4.78 is 35.8. The first-order valence-corrected chi connectivity index (χ1v) is 8.57. The van der Waals surface area contributed by atoms with Gasteiger partial charge in [-0.1, -0.05) is 18.2 Å². The Bertz CT molecular complexity index is 910. The van der Waals surface area contributed by atoms with Crippen molar-refractivity contribution in [3.8, 4) is 17.6 Å². The summed E-state index contributed by atoms with van der Waals surface area (Å²) in [4.78, 5) is -0.279. The molecule has 0 radical (unpaired) electrons. The van der Waals surface area contributed by atoms with Crippen molar-refractivity contribution >= 4 is 15.9 Å². The summed E-state index contributed by atoms with van der Waals surface area (Å²) in [5.74, 6) is 1.08. The average Bonchev–Trinajstić information content (AvgIpc) is 2.60. The number of ether oxygens (including phenoxy) is 2. The number of nitrogens with zero attached hydrogens (tertiary/aromatic N) is 1. The van der Waals surface area contributed by atoms with Crippen LogP contribution < -0.4 is 9.47 Å². The zero-order chi connectivity index (χ0) is 17.7. The minimum Gasteiger partial charge on any atom is -0.496 e. The van der Waals surface area contributed by atoms with Gasteiger partial charge in [0.15, 0.2) is 0 Å². The fourth-order valence-corrected chi connectivity index (χ4v) is 3.51. The smallest absolute Gasteiger partial charge is 0.216 e. The lowest BCUT2D eigenvalue weighted by molar-refractivity contribution is 0.388. The largest absolute Gasteiger partial charge is 0.496 e. The van der Waals surface area contributed by atoms with Crippen LogP contribution in [-0.2, 0) is 9.84 Å². The fraction of sp³-hybridized carbons (Fsp3) is 0.167. The molecule has 0 unspecified atom stereocenters. The van der Waals surface area contributed by atoms with Gasteiger partial charge in [-0.05, 0) is 37.3 Å². The van der Waals surface area contributed by atoms with E-state index in [-0.39, 0.29) is 9.80 Å². The lowest BCUT2D eigenvalue weighted by Gasteiger charge is -2.12. The van der Waals surface area contributed by atoms with Gasteiger partial charge < -0.3 is 9.47 Å². The standard InChI is InChI=1S/C18H17NO4S/c1-13-17(22-2)10-9-14(18(13)23-3)11-16(12-19)24(20,21)15-7-5-4-6-8-15/h4-11H,1-3H3. The van der Waals surface area contributed by atoms with Gasteiger partial charge in [-0.25, -0.2) is 8.42 Å². The monoisotopic (exact) mass is 343 g/mol. The number of allylic oxidation sites excluding steroid dienone is 1. The molecule has 5 nitrogen and oxygen atoms in total. The highest BCUT2D eigenvalue weighted by Gasteiger charge is 2.21. The van der Waals surface area contributed by atoms with E-state index < -0.39 is 9.84 Å². The van der Waals surface area contributed by atoms with Crippen LogP contribution in [0.1, 0.15) is 11.1 Å². The van der Waals surface area contributed by atoms with Crippen LogP contribution >= 0.6 is 0 Å². The number of rotatable bonds is 5. The van der Waals surface area contributed by atoms with E-state index in [1.54, 1.807) is 43.3 Å². The number of nitriles is 1. The fourth-order valence-electron chi connectivity index (χ4n) is 2.34. The van der Waals surface area contributed by atoms with Crippen LogP contribution in [0.15, 0.2) is 52.3 Å². The van der Waals surface area contributed by atoms with Crippen LogP contribution in [0.4, 0.5) is 0 Å². The van der Waals surface area contributed by atoms with Crippen molar-refractivity contribution in [1.82, 2.24) is 0 Å². The Balaban J connectivity index is 2.61. The second-order valence-electron chi connectivity index (χ2n) is 4.95. The number of benzene rings is 2. The number of hydrogen-bond acceptors (Lipinski definition) is 5. The molecule has 0 atom stereocenters. The predicted octanol–water partition coefficient (Wildman–Crippen LogP) is 3.35. The molecule has 0 saturated heterocycles. The number of sulfone groups is 1. The van der Waals surface area contributed by atoms with E-state index in [4.69, 9.17) is 9.47 Å². The van der Waals surface area contributed by atoms with Crippen LogP contribution in [0.3, 0.4) is 0 Å². The van der Waals surface area contributed by atoms with Gasteiger partial charge in [0.25, 0.3) is 0 Å². The van der Waals surface area contributed by atoms with Crippen molar-refractivity contribution in [3.05, 3.63) is 58.5 Å². The molecule has 2 aromatic carbocycles. The van der Waals surface area contributed by atoms with Crippen molar-refractivity contribution in [3.63, 3.8) is 0 Å². The van der Waals surface area contributed by atoms with E-state index in [9.17, 15) is 13.7 Å². The normalized spacial score (nSPS) is 11.7. The molecule has 0 aliphatic heterocycles. The molecule has 24 heavy (non-hydrogen) atoms. The Morgan fingerprint density at radius 3 is 2.29 bits per heavy atom. The third-order valence-corrected chi connectivity index (χ3v) is 5.23. The van der Waals surface area contributed by atoms with E-state index in [1.165, 1.54) is 32.4 Å². The van der Waals surface area contributed by atoms with Gasteiger partial charge in [-0.15, -0.1) is 0 Å². The molecular weight excluding hydrogens is 326 g/mol. The minimum atomic E-state index is -3.89. The Hall–Kier alpha value is -2.78. The van der Waals surface area contributed by atoms with Gasteiger partial charge in [0.05, 0.1) is 19.1 Å². The lowest BCUT2D eigenvalue weighted by atomic mass is 10.1. The Labute approximate surface area is 141 Å². The van der Waals surface area contributed by atoms with Gasteiger partial charge in [0.1, 0.15) is 22.5 Å². The first-order valence-electron chi connectivity index (χ1n) is 7.09. The van der Waals surface area contributed by atoms with E-state index in [0.717, 1.165) is 5.56 Å². The first-order chi connectivity index (χ1) is 11.5. The summed E-state index contributed by atoms with van der Waals surface area (Å²) >= 11 is 0. The summed E-state index contributed by atoms with van der Waals surface area (Å²) in [6.07, 6.45) is 1.31. The SMILES string of the molecule is COc1ccc(C=C(C#N)S(=O)(=O)c2ccccc2)c(OC)c1C. The minimum absolute atomic E-state index is 0.0713. The number of methoxy groups -OCH3 is 2. The molecule has 0 aliphatic carbocycles. The van der Waals surface area contributed by atoms with Gasteiger partial charge in [-0.3, -0.25) is 0 Å². The van der Waals surface area contributed by atoms with E-state index in [0.29, 0.717) is 17.1 Å². The third-order valence-electron chi connectivity index (χ3n) is 3.55. The Morgan fingerprint density at radius 1 is 1.08 bits per heavy atom. The van der Waals surface area contributed by atoms with Crippen molar-refractivity contribution in [2.45, 2.75) is 11.8 Å². The van der Waals surface area contributed by atoms with E-state index >= 15 is 0 Å². The summed E-state index contributed by atoms with van der Waals surface area (Å²) in [5.41, 5.74) is 1.22. The van der Waals surface area contributed by atoms with Gasteiger partial charge in [-0.2, -0.15) is 5.26 Å². The maximum absolute atomic E-state index is 12.6. The average molecular weight is 343 g/mol. The van der Waals surface area contributed by atoms with Crippen LogP contribution in [0.2, 0.25) is 0 Å². The van der Waals surface area contributed by atoms with Crippen molar-refractivity contribution in [1.29, 1.82) is 5.26 Å². The third kappa shape index (κ3) is 3.26. The maximum atomic E-state index is 12.6. The second-order valence-corrected chi connectivity index (χ2v) is 6.87. The summed E-state index contributed by atoms with van der Waals surface area (Å²) in [6, 6.07) is 13.0. The van der Waals surface area contributed by atoms with Gasteiger partial charge in [0, 0.05) is 11.1 Å². The Morgan fingerprint density at radius 2 is 1.75 bits per heavy atom. The first kappa shape index (κ1) is 17.6. The molecule has 0 N–H and O–H groups in total. The van der Waals surface area contributed by atoms with E-state index in [2.05, 4.69) is 0 Å². The zero-order valence-corrected chi connectivity index (χ0v) is 14.4. The molecule has 6 heteroatoms. The van der Waals surface area contributed by atoms with E-state index in [1.807, 2.05) is 0 Å². The van der Waals surface area contributed by atoms with Crippen molar-refractivity contribution in [2.24, 2.45) is 0 Å². The van der Waals surface area contributed by atoms with Crippen LogP contribution in [0, 0.1) is 18.3 Å². The molecule has 0 heterocycles.